The van der Waals surface area contributed by atoms with Crippen molar-refractivity contribution in [2.24, 2.45) is 7.05 Å². The van der Waals surface area contributed by atoms with E-state index in [-0.39, 0.29) is 17.5 Å². The molecule has 1 N–H and O–H groups in total. The number of carbonyl (C=O) groups excluding carboxylic acids is 1. The molecule has 0 fully saturated rings. The molecule has 0 aliphatic carbocycles. The van der Waals surface area contributed by atoms with Gasteiger partial charge in [0, 0.05) is 31.9 Å². The molecule has 5 heterocycles. The van der Waals surface area contributed by atoms with Gasteiger partial charge < -0.3 is 18.7 Å². The molecule has 0 unspecified atom stereocenters. The average molecular weight is 433 g/mol. The number of fused-ring (bicyclic) bond motifs is 2. The van der Waals surface area contributed by atoms with Crippen LogP contribution in [0.15, 0.2) is 51.8 Å². The highest BCUT2D eigenvalue weighted by molar-refractivity contribution is 5.91. The minimum absolute atomic E-state index is 0.0135. The lowest BCUT2D eigenvalue weighted by Crippen LogP contribution is -2.41. The highest BCUT2D eigenvalue weighted by Gasteiger charge is 2.40. The van der Waals surface area contributed by atoms with Gasteiger partial charge in [0.25, 0.3) is 5.89 Å². The Bertz CT molecular complexity index is 1460. The zero-order chi connectivity index (χ0) is 21.8. The van der Waals surface area contributed by atoms with Gasteiger partial charge in [-0.1, -0.05) is 12.1 Å². The SMILES string of the molecule is Cn1cc(-c2nnc(C(=O)N3CCc4[nH]cnc4[C@H]3c3oc4ccccc4c3F)o2)cn1. The predicted octanol–water partition coefficient (Wildman–Crippen LogP) is 2.87. The Morgan fingerprint density at radius 3 is 2.94 bits per heavy atom. The van der Waals surface area contributed by atoms with E-state index in [2.05, 4.69) is 25.3 Å². The van der Waals surface area contributed by atoms with Crippen LogP contribution in [0.25, 0.3) is 22.4 Å². The summed E-state index contributed by atoms with van der Waals surface area (Å²) in [5.74, 6) is -1.08. The van der Waals surface area contributed by atoms with Gasteiger partial charge in [-0.05, 0) is 12.1 Å². The lowest BCUT2D eigenvalue weighted by molar-refractivity contribution is 0.0628. The van der Waals surface area contributed by atoms with Gasteiger partial charge in [0.15, 0.2) is 11.6 Å². The first-order valence-electron chi connectivity index (χ1n) is 9.92. The maximum absolute atomic E-state index is 15.4. The number of para-hydroxylation sites is 1. The molecule has 4 aromatic heterocycles. The summed E-state index contributed by atoms with van der Waals surface area (Å²) in [4.78, 5) is 22.3. The van der Waals surface area contributed by atoms with Gasteiger partial charge in [0.05, 0.1) is 29.2 Å². The molecule has 6 rings (SSSR count). The van der Waals surface area contributed by atoms with Gasteiger partial charge in [-0.2, -0.15) is 5.10 Å². The monoisotopic (exact) mass is 433 g/mol. The number of aromatic nitrogens is 6. The summed E-state index contributed by atoms with van der Waals surface area (Å²) in [6.07, 6.45) is 5.30. The molecule has 1 aromatic carbocycles. The van der Waals surface area contributed by atoms with E-state index in [0.717, 1.165) is 5.69 Å². The molecule has 0 spiro atoms. The van der Waals surface area contributed by atoms with Crippen LogP contribution in [0.1, 0.15) is 33.9 Å². The van der Waals surface area contributed by atoms with Gasteiger partial charge >= 0.3 is 11.8 Å². The number of halogens is 1. The first kappa shape index (κ1) is 18.5. The standard InChI is InChI=1S/C21H16FN7O3/c1-28-9-11(8-25-28)19-26-27-20(32-19)21(30)29-7-6-13-16(24-10-23-13)17(29)18-15(22)12-4-2-3-5-14(12)31-18/h2-5,8-10,17H,6-7H2,1H3,(H,23,24)/t17-/m0/s1. The van der Waals surface area contributed by atoms with Crippen LogP contribution in [0, 0.1) is 5.82 Å². The van der Waals surface area contributed by atoms with Crippen molar-refractivity contribution < 1.29 is 18.0 Å². The average Bonchev–Trinajstić information content (AvgIpc) is 3.59. The zero-order valence-electron chi connectivity index (χ0n) is 16.8. The van der Waals surface area contributed by atoms with Crippen molar-refractivity contribution in [1.29, 1.82) is 0 Å². The lowest BCUT2D eigenvalue weighted by atomic mass is 9.99. The molecule has 0 saturated carbocycles. The molecule has 10 nitrogen and oxygen atoms in total. The highest BCUT2D eigenvalue weighted by atomic mass is 19.1. The summed E-state index contributed by atoms with van der Waals surface area (Å²) in [6, 6.07) is 5.93. The number of rotatable bonds is 3. The lowest BCUT2D eigenvalue weighted by Gasteiger charge is -2.32. The third-order valence-corrected chi connectivity index (χ3v) is 5.55. The van der Waals surface area contributed by atoms with Gasteiger partial charge in [-0.25, -0.2) is 9.37 Å². The Hall–Kier alpha value is -4.28. The molecule has 0 bridgehead atoms. The topological polar surface area (TPSA) is 119 Å². The fourth-order valence-corrected chi connectivity index (χ4v) is 4.05. The van der Waals surface area contributed by atoms with E-state index in [4.69, 9.17) is 8.83 Å². The number of benzene rings is 1. The Morgan fingerprint density at radius 2 is 2.12 bits per heavy atom. The zero-order valence-corrected chi connectivity index (χ0v) is 16.8. The van der Waals surface area contributed by atoms with E-state index >= 15 is 4.39 Å². The summed E-state index contributed by atoms with van der Waals surface area (Å²) >= 11 is 0. The van der Waals surface area contributed by atoms with Crippen LogP contribution < -0.4 is 0 Å². The second kappa shape index (κ2) is 6.87. The highest BCUT2D eigenvalue weighted by Crippen LogP contribution is 2.39. The number of aromatic amines is 1. The van der Waals surface area contributed by atoms with Gasteiger partial charge in [-0.15, -0.1) is 10.2 Å². The second-order valence-electron chi connectivity index (χ2n) is 7.51. The van der Waals surface area contributed by atoms with E-state index in [1.165, 1.54) is 11.2 Å². The minimum Gasteiger partial charge on any atom is -0.455 e. The smallest absolute Gasteiger partial charge is 0.312 e. The Balaban J connectivity index is 1.43. The number of nitrogens with one attached hydrogen (secondary N) is 1. The summed E-state index contributed by atoms with van der Waals surface area (Å²) in [5, 5.41) is 12.3. The van der Waals surface area contributed by atoms with Crippen LogP contribution in [0.3, 0.4) is 0 Å². The van der Waals surface area contributed by atoms with Crippen LogP contribution in [0.2, 0.25) is 0 Å². The van der Waals surface area contributed by atoms with E-state index < -0.39 is 17.8 Å². The van der Waals surface area contributed by atoms with Crippen LogP contribution in [0.5, 0.6) is 0 Å². The van der Waals surface area contributed by atoms with Crippen LogP contribution in [-0.4, -0.2) is 47.3 Å². The van der Waals surface area contributed by atoms with Crippen molar-refractivity contribution in [2.75, 3.05) is 6.54 Å². The molecular formula is C21H16FN7O3. The molecule has 1 aliphatic heterocycles. The number of aryl methyl sites for hydroxylation is 1. The second-order valence-corrected chi connectivity index (χ2v) is 7.51. The molecule has 32 heavy (non-hydrogen) atoms. The Morgan fingerprint density at radius 1 is 1.25 bits per heavy atom. The molecule has 1 atom stereocenters. The Kier molecular flexibility index (Phi) is 3.97. The maximum atomic E-state index is 15.4. The minimum atomic E-state index is -0.876. The molecule has 0 radical (unpaired) electrons. The number of nitrogens with zero attached hydrogens (tertiary/aromatic N) is 6. The molecular weight excluding hydrogens is 417 g/mol. The molecule has 1 amide bonds. The quantitative estimate of drug-likeness (QED) is 0.465. The van der Waals surface area contributed by atoms with Crippen LogP contribution in [0.4, 0.5) is 4.39 Å². The normalized spacial score (nSPS) is 15.9. The molecule has 1 aliphatic rings. The summed E-state index contributed by atoms with van der Waals surface area (Å²) in [6.45, 7) is 0.291. The number of furan rings is 1. The summed E-state index contributed by atoms with van der Waals surface area (Å²) < 4.78 is 28.4. The van der Waals surface area contributed by atoms with Crippen molar-refractivity contribution in [3.05, 3.63) is 71.8 Å². The first-order valence-corrected chi connectivity index (χ1v) is 9.92. The van der Waals surface area contributed by atoms with E-state index in [0.29, 0.717) is 35.2 Å². The number of hydrogen-bond acceptors (Lipinski definition) is 7. The third-order valence-electron chi connectivity index (χ3n) is 5.55. The van der Waals surface area contributed by atoms with Gasteiger partial charge in [-0.3, -0.25) is 9.48 Å². The third kappa shape index (κ3) is 2.74. The van der Waals surface area contributed by atoms with Crippen molar-refractivity contribution in [1.82, 2.24) is 34.8 Å². The summed E-state index contributed by atoms with van der Waals surface area (Å²) in [5.41, 5.74) is 2.33. The Labute approximate surface area is 179 Å². The molecule has 11 heteroatoms. The fraction of sp³-hybridized carbons (Fsp3) is 0.190. The number of carbonyl (C=O) groups is 1. The van der Waals surface area contributed by atoms with Gasteiger partial charge in [0.1, 0.15) is 11.6 Å². The van der Waals surface area contributed by atoms with Crippen LogP contribution in [-0.2, 0) is 13.5 Å². The van der Waals surface area contributed by atoms with E-state index in [9.17, 15) is 4.79 Å². The van der Waals surface area contributed by atoms with Crippen molar-refractivity contribution >= 4 is 16.9 Å². The molecule has 160 valence electrons. The molecule has 5 aromatic rings. The van der Waals surface area contributed by atoms with E-state index in [1.807, 2.05) is 0 Å². The fourth-order valence-electron chi connectivity index (χ4n) is 4.05. The first-order chi connectivity index (χ1) is 15.6. The van der Waals surface area contributed by atoms with E-state index in [1.54, 1.807) is 48.4 Å². The maximum Gasteiger partial charge on any atom is 0.312 e. The summed E-state index contributed by atoms with van der Waals surface area (Å²) in [7, 11) is 1.76. The number of amides is 1. The van der Waals surface area contributed by atoms with Gasteiger partial charge in [0.2, 0.25) is 0 Å². The predicted molar refractivity (Wildman–Crippen MR) is 108 cm³/mol. The van der Waals surface area contributed by atoms with Crippen LogP contribution >= 0.6 is 0 Å². The van der Waals surface area contributed by atoms with Crippen molar-refractivity contribution in [3.63, 3.8) is 0 Å². The molecule has 0 saturated heterocycles. The van der Waals surface area contributed by atoms with Crippen molar-refractivity contribution in [3.8, 4) is 11.5 Å². The number of imidazole rings is 1. The van der Waals surface area contributed by atoms with Crippen molar-refractivity contribution in [2.45, 2.75) is 12.5 Å². The number of hydrogen-bond donors (Lipinski definition) is 1. The number of H-pyrrole nitrogens is 1. The largest absolute Gasteiger partial charge is 0.455 e.